The summed E-state index contributed by atoms with van der Waals surface area (Å²) in [6.45, 7) is 2.19. The molecule has 0 heterocycles. The fourth-order valence-corrected chi connectivity index (χ4v) is 3.16. The molecule has 2 nitrogen and oxygen atoms in total. The average Bonchev–Trinajstić information content (AvgIpc) is 2.64. The van der Waals surface area contributed by atoms with E-state index >= 15 is 0 Å². The van der Waals surface area contributed by atoms with Crippen LogP contribution in [0.25, 0.3) is 11.1 Å². The number of rotatable bonds is 7. The lowest BCUT2D eigenvalue weighted by Crippen LogP contribution is -2.23. The Morgan fingerprint density at radius 3 is 2.00 bits per heavy atom. The Balaban J connectivity index is 1.47. The predicted octanol–water partition coefficient (Wildman–Crippen LogP) is 5.55. The Hall–Kier alpha value is -2.23. The molecule has 1 atom stereocenters. The molecule has 0 bridgehead atoms. The van der Waals surface area contributed by atoms with Gasteiger partial charge in [-0.1, -0.05) is 72.8 Å². The third kappa shape index (κ3) is 4.88. The summed E-state index contributed by atoms with van der Waals surface area (Å²) in [6.07, 6.45) is 1.02. The topological polar surface area (TPSA) is 24.1 Å². The van der Waals surface area contributed by atoms with E-state index in [0.29, 0.717) is 6.04 Å². The van der Waals surface area contributed by atoms with Crippen LogP contribution in [-0.4, -0.2) is 6.04 Å². The van der Waals surface area contributed by atoms with Crippen LogP contribution in [-0.2, 0) is 6.42 Å². The maximum absolute atomic E-state index is 3.43. The molecule has 0 amide bonds. The van der Waals surface area contributed by atoms with Gasteiger partial charge >= 0.3 is 0 Å². The standard InChI is InChI=1S/C21H22N2S/c1-17(16-18-8-4-2-5-9-18)22-24-23-21-14-12-20(13-15-21)19-10-6-3-7-11-19/h2-15,17,22-23H,16H2,1H3. The molecule has 1 unspecified atom stereocenters. The fraction of sp³-hybridized carbons (Fsp3) is 0.143. The van der Waals surface area contributed by atoms with E-state index in [1.807, 2.05) is 6.07 Å². The predicted molar refractivity (Wildman–Crippen MR) is 106 cm³/mol. The van der Waals surface area contributed by atoms with Crippen molar-refractivity contribution in [2.75, 3.05) is 4.72 Å². The molecule has 0 saturated heterocycles. The smallest absolute Gasteiger partial charge is 0.0452 e. The summed E-state index contributed by atoms with van der Waals surface area (Å²) in [5, 5.41) is 0. The van der Waals surface area contributed by atoms with Gasteiger partial charge in [0.15, 0.2) is 0 Å². The van der Waals surface area contributed by atoms with Crippen molar-refractivity contribution in [3.8, 4) is 11.1 Å². The van der Waals surface area contributed by atoms with Gasteiger partial charge in [0.1, 0.15) is 0 Å². The SMILES string of the molecule is CC(Cc1ccccc1)NSNc1ccc(-c2ccccc2)cc1. The minimum Gasteiger partial charge on any atom is -0.317 e. The molecule has 24 heavy (non-hydrogen) atoms. The van der Waals surface area contributed by atoms with E-state index in [0.717, 1.165) is 12.1 Å². The third-order valence-corrected chi connectivity index (χ3v) is 4.66. The molecule has 3 aromatic rings. The minimum atomic E-state index is 0.397. The highest BCUT2D eigenvalue weighted by atomic mass is 32.2. The van der Waals surface area contributed by atoms with Crippen LogP contribution < -0.4 is 9.44 Å². The molecule has 0 aromatic heterocycles. The lowest BCUT2D eigenvalue weighted by Gasteiger charge is -2.14. The lowest BCUT2D eigenvalue weighted by atomic mass is 10.1. The molecular formula is C21H22N2S. The van der Waals surface area contributed by atoms with Gasteiger partial charge in [-0.25, -0.2) is 4.72 Å². The summed E-state index contributed by atoms with van der Waals surface area (Å²) < 4.78 is 6.78. The Kier molecular flexibility index (Phi) is 5.94. The summed E-state index contributed by atoms with van der Waals surface area (Å²) in [7, 11) is 0. The molecule has 0 spiro atoms. The molecule has 0 aliphatic rings. The maximum Gasteiger partial charge on any atom is 0.0452 e. The van der Waals surface area contributed by atoms with Crippen LogP contribution in [0.3, 0.4) is 0 Å². The first-order valence-electron chi connectivity index (χ1n) is 8.18. The summed E-state index contributed by atoms with van der Waals surface area (Å²) >= 11 is 1.54. The van der Waals surface area contributed by atoms with Crippen LogP contribution in [0.4, 0.5) is 5.69 Å². The van der Waals surface area contributed by atoms with E-state index in [1.165, 1.54) is 28.8 Å². The van der Waals surface area contributed by atoms with Crippen molar-refractivity contribution in [1.29, 1.82) is 0 Å². The number of hydrogen-bond donors (Lipinski definition) is 2. The van der Waals surface area contributed by atoms with Crippen LogP contribution in [0.1, 0.15) is 12.5 Å². The quantitative estimate of drug-likeness (QED) is 0.554. The number of benzene rings is 3. The second-order valence-corrected chi connectivity index (χ2v) is 6.50. The normalized spacial score (nSPS) is 11.9. The molecule has 3 heteroatoms. The van der Waals surface area contributed by atoms with E-state index in [2.05, 4.69) is 95.2 Å². The number of hydrogen-bond acceptors (Lipinski definition) is 3. The van der Waals surface area contributed by atoms with Gasteiger partial charge in [0.05, 0.1) is 0 Å². The summed E-state index contributed by atoms with van der Waals surface area (Å²) in [5.41, 5.74) is 4.92. The first kappa shape index (κ1) is 16.6. The van der Waals surface area contributed by atoms with Gasteiger partial charge in [0.25, 0.3) is 0 Å². The lowest BCUT2D eigenvalue weighted by molar-refractivity contribution is 0.690. The van der Waals surface area contributed by atoms with Crippen LogP contribution in [0.5, 0.6) is 0 Å². The Morgan fingerprint density at radius 2 is 1.33 bits per heavy atom. The van der Waals surface area contributed by atoms with Crippen molar-refractivity contribution < 1.29 is 0 Å². The molecule has 0 aliphatic heterocycles. The Bertz CT molecular complexity index is 727. The monoisotopic (exact) mass is 334 g/mol. The van der Waals surface area contributed by atoms with Gasteiger partial charge < -0.3 is 4.72 Å². The van der Waals surface area contributed by atoms with Crippen LogP contribution in [0.15, 0.2) is 84.9 Å². The number of nitrogens with one attached hydrogen (secondary N) is 2. The Labute approximate surface area is 148 Å². The van der Waals surface area contributed by atoms with E-state index in [1.54, 1.807) is 0 Å². The van der Waals surface area contributed by atoms with Crippen LogP contribution in [0.2, 0.25) is 0 Å². The van der Waals surface area contributed by atoms with Gasteiger partial charge in [-0.15, -0.1) is 0 Å². The Morgan fingerprint density at radius 1 is 0.750 bits per heavy atom. The van der Waals surface area contributed by atoms with E-state index in [9.17, 15) is 0 Å². The second-order valence-electron chi connectivity index (χ2n) is 5.86. The first-order valence-corrected chi connectivity index (χ1v) is 9.00. The highest BCUT2D eigenvalue weighted by Gasteiger charge is 2.03. The molecule has 0 saturated carbocycles. The summed E-state index contributed by atoms with van der Waals surface area (Å²) in [4.78, 5) is 0. The van der Waals surface area contributed by atoms with Gasteiger partial charge in [0, 0.05) is 23.9 Å². The van der Waals surface area contributed by atoms with Gasteiger partial charge in [-0.3, -0.25) is 0 Å². The molecular weight excluding hydrogens is 312 g/mol. The van der Waals surface area contributed by atoms with Gasteiger partial charge in [-0.2, -0.15) is 0 Å². The van der Waals surface area contributed by atoms with Crippen molar-refractivity contribution in [1.82, 2.24) is 4.72 Å². The van der Waals surface area contributed by atoms with Gasteiger partial charge in [-0.05, 0) is 42.2 Å². The minimum absolute atomic E-state index is 0.397. The maximum atomic E-state index is 3.43. The average molecular weight is 334 g/mol. The van der Waals surface area contributed by atoms with Crippen molar-refractivity contribution in [2.24, 2.45) is 0 Å². The second kappa shape index (κ2) is 8.57. The highest BCUT2D eigenvalue weighted by molar-refractivity contribution is 7.98. The van der Waals surface area contributed by atoms with Crippen molar-refractivity contribution in [3.05, 3.63) is 90.5 Å². The molecule has 0 aliphatic carbocycles. The largest absolute Gasteiger partial charge is 0.317 e. The third-order valence-electron chi connectivity index (χ3n) is 3.81. The number of anilines is 1. The van der Waals surface area contributed by atoms with Crippen molar-refractivity contribution >= 4 is 17.8 Å². The van der Waals surface area contributed by atoms with E-state index in [4.69, 9.17) is 0 Å². The molecule has 0 fully saturated rings. The molecule has 122 valence electrons. The summed E-state index contributed by atoms with van der Waals surface area (Å²) in [5.74, 6) is 0. The molecule has 2 N–H and O–H groups in total. The molecule has 3 aromatic carbocycles. The van der Waals surface area contributed by atoms with E-state index < -0.39 is 0 Å². The molecule has 3 rings (SSSR count). The van der Waals surface area contributed by atoms with Gasteiger partial charge in [0.2, 0.25) is 0 Å². The van der Waals surface area contributed by atoms with Crippen LogP contribution >= 0.6 is 12.1 Å². The van der Waals surface area contributed by atoms with Crippen molar-refractivity contribution in [2.45, 2.75) is 19.4 Å². The zero-order valence-corrected chi connectivity index (χ0v) is 14.6. The fourth-order valence-electron chi connectivity index (χ4n) is 2.56. The first-order chi connectivity index (χ1) is 11.8. The van der Waals surface area contributed by atoms with E-state index in [-0.39, 0.29) is 0 Å². The van der Waals surface area contributed by atoms with Crippen molar-refractivity contribution in [3.63, 3.8) is 0 Å². The highest BCUT2D eigenvalue weighted by Crippen LogP contribution is 2.22. The zero-order valence-electron chi connectivity index (χ0n) is 13.8. The van der Waals surface area contributed by atoms with Crippen LogP contribution in [0, 0.1) is 0 Å². The summed E-state index contributed by atoms with van der Waals surface area (Å²) in [6, 6.07) is 29.9. The molecule has 0 radical (unpaired) electrons. The zero-order chi connectivity index (χ0) is 16.6.